The van der Waals surface area contributed by atoms with Crippen molar-refractivity contribution in [2.75, 3.05) is 27.0 Å². The minimum absolute atomic E-state index is 0.106. The molecule has 0 heterocycles. The molecule has 0 N–H and O–H groups in total. The van der Waals surface area contributed by atoms with Crippen molar-refractivity contribution in [1.29, 1.82) is 0 Å². The minimum atomic E-state index is -1.01. The molecule has 0 saturated heterocycles. The van der Waals surface area contributed by atoms with Crippen LogP contribution in [0.2, 0.25) is 0 Å². The predicted octanol–water partition coefficient (Wildman–Crippen LogP) is 4.45. The molecule has 0 fully saturated rings. The van der Waals surface area contributed by atoms with E-state index in [4.69, 9.17) is 9.47 Å². The summed E-state index contributed by atoms with van der Waals surface area (Å²) in [5.41, 5.74) is 1.84. The van der Waals surface area contributed by atoms with Crippen molar-refractivity contribution in [3.8, 4) is 11.5 Å². The molecule has 0 saturated carbocycles. The normalized spacial score (nSPS) is 13.1. The first-order valence-electron chi connectivity index (χ1n) is 9.56. The van der Waals surface area contributed by atoms with Crippen molar-refractivity contribution in [3.63, 3.8) is 0 Å². The Kier molecular flexibility index (Phi) is 8.46. The summed E-state index contributed by atoms with van der Waals surface area (Å²) >= 11 is 0. The lowest BCUT2D eigenvalue weighted by atomic mass is 10.1. The number of amides is 1. The number of benzene rings is 2. The Labute approximate surface area is 175 Å². The van der Waals surface area contributed by atoms with E-state index in [-0.39, 0.29) is 11.9 Å². The number of hydrogen-bond acceptors (Lipinski definition) is 4. The van der Waals surface area contributed by atoms with Crippen LogP contribution in [0, 0.1) is 0 Å². The van der Waals surface area contributed by atoms with Gasteiger partial charge < -0.3 is 14.4 Å². The number of likely N-dealkylation sites (N-methyl/N-ethyl adjacent to an activating group) is 1. The number of rotatable bonds is 9. The average Bonchev–Trinajstić information content (AvgIpc) is 2.75. The van der Waals surface area contributed by atoms with Crippen molar-refractivity contribution in [3.05, 3.63) is 59.7 Å². The molecule has 29 heavy (non-hydrogen) atoms. The van der Waals surface area contributed by atoms with E-state index >= 15 is 0 Å². The zero-order chi connectivity index (χ0) is 21.4. The lowest BCUT2D eigenvalue weighted by Crippen LogP contribution is -2.27. The van der Waals surface area contributed by atoms with Gasteiger partial charge >= 0.3 is 0 Å². The van der Waals surface area contributed by atoms with Crippen LogP contribution in [0.4, 0.5) is 0 Å². The summed E-state index contributed by atoms with van der Waals surface area (Å²) < 4.78 is 22.6. The van der Waals surface area contributed by atoms with Crippen molar-refractivity contribution in [1.82, 2.24) is 4.90 Å². The lowest BCUT2D eigenvalue weighted by Gasteiger charge is -2.24. The second-order valence-corrected chi connectivity index (χ2v) is 8.12. The van der Waals surface area contributed by atoms with E-state index in [0.717, 1.165) is 22.4 Å². The minimum Gasteiger partial charge on any atom is -0.493 e. The van der Waals surface area contributed by atoms with Crippen molar-refractivity contribution in [2.24, 2.45) is 0 Å². The van der Waals surface area contributed by atoms with E-state index < -0.39 is 10.8 Å². The van der Waals surface area contributed by atoms with E-state index in [1.54, 1.807) is 37.5 Å². The Hall–Kier alpha value is -2.60. The number of hydrogen-bond donors (Lipinski definition) is 0. The molecule has 0 aromatic heterocycles. The molecule has 0 aliphatic carbocycles. The van der Waals surface area contributed by atoms with Gasteiger partial charge in [0, 0.05) is 35.1 Å². The van der Waals surface area contributed by atoms with Crippen LogP contribution in [-0.2, 0) is 15.6 Å². The number of carbonyl (C=O) groups excluding carboxylic acids is 1. The van der Waals surface area contributed by atoms with Gasteiger partial charge in [-0.05, 0) is 54.8 Å². The van der Waals surface area contributed by atoms with Gasteiger partial charge in [0.1, 0.15) is 0 Å². The molecule has 0 spiro atoms. The smallest absolute Gasteiger partial charge is 0.246 e. The molecular weight excluding hydrogens is 386 g/mol. The highest BCUT2D eigenvalue weighted by molar-refractivity contribution is 7.84. The standard InChI is InChI=1S/C23H29NO4S/c1-6-15-28-21-13-7-18(16-22(21)27-4)8-14-23(25)24(3)17(2)19-9-11-20(12-10-19)29(5)26/h7-14,16-17H,6,15H2,1-5H3. The molecule has 2 rings (SSSR count). The highest BCUT2D eigenvalue weighted by Gasteiger charge is 2.15. The number of carbonyl (C=O) groups is 1. The van der Waals surface area contributed by atoms with Gasteiger partial charge in [0.25, 0.3) is 0 Å². The lowest BCUT2D eigenvalue weighted by molar-refractivity contribution is -0.126. The monoisotopic (exact) mass is 415 g/mol. The van der Waals surface area contributed by atoms with Crippen LogP contribution >= 0.6 is 0 Å². The Bertz CT molecular complexity index is 877. The average molecular weight is 416 g/mol. The van der Waals surface area contributed by atoms with Gasteiger partial charge in [-0.25, -0.2) is 0 Å². The third kappa shape index (κ3) is 6.19. The molecular formula is C23H29NO4S. The van der Waals surface area contributed by atoms with Crippen LogP contribution in [0.25, 0.3) is 6.08 Å². The first-order valence-corrected chi connectivity index (χ1v) is 11.1. The molecule has 156 valence electrons. The van der Waals surface area contributed by atoms with Crippen molar-refractivity contribution >= 4 is 22.8 Å². The maximum Gasteiger partial charge on any atom is 0.246 e. The summed E-state index contributed by atoms with van der Waals surface area (Å²) in [5.74, 6) is 1.23. The fourth-order valence-electron chi connectivity index (χ4n) is 2.76. The predicted molar refractivity (Wildman–Crippen MR) is 118 cm³/mol. The largest absolute Gasteiger partial charge is 0.493 e. The van der Waals surface area contributed by atoms with Crippen LogP contribution in [0.5, 0.6) is 11.5 Å². The molecule has 0 aliphatic heterocycles. The summed E-state index contributed by atoms with van der Waals surface area (Å²) in [7, 11) is 2.36. The Morgan fingerprint density at radius 3 is 2.45 bits per heavy atom. The molecule has 1 amide bonds. The maximum atomic E-state index is 12.6. The highest BCUT2D eigenvalue weighted by atomic mass is 32.2. The van der Waals surface area contributed by atoms with Crippen molar-refractivity contribution < 1.29 is 18.5 Å². The van der Waals surface area contributed by atoms with Gasteiger partial charge in [-0.15, -0.1) is 0 Å². The van der Waals surface area contributed by atoms with Crippen LogP contribution in [0.3, 0.4) is 0 Å². The summed E-state index contributed by atoms with van der Waals surface area (Å²) in [6.07, 6.45) is 5.88. The van der Waals surface area contributed by atoms with Gasteiger partial charge in [-0.3, -0.25) is 9.00 Å². The molecule has 2 aromatic rings. The van der Waals surface area contributed by atoms with Gasteiger partial charge in [0.05, 0.1) is 19.8 Å². The Morgan fingerprint density at radius 2 is 1.86 bits per heavy atom. The third-order valence-electron chi connectivity index (χ3n) is 4.69. The fourth-order valence-corrected chi connectivity index (χ4v) is 3.28. The number of ether oxygens (including phenoxy) is 2. The molecule has 0 aliphatic rings. The van der Waals surface area contributed by atoms with Gasteiger partial charge in [-0.2, -0.15) is 0 Å². The second-order valence-electron chi connectivity index (χ2n) is 6.74. The van der Waals surface area contributed by atoms with Crippen LogP contribution < -0.4 is 9.47 Å². The number of nitrogens with zero attached hydrogens (tertiary/aromatic N) is 1. The molecule has 6 heteroatoms. The van der Waals surface area contributed by atoms with E-state index in [9.17, 15) is 9.00 Å². The molecule has 2 unspecified atom stereocenters. The van der Waals surface area contributed by atoms with Gasteiger partial charge in [0.2, 0.25) is 5.91 Å². The summed E-state index contributed by atoms with van der Waals surface area (Å²) in [6, 6.07) is 13.0. The molecule has 0 bridgehead atoms. The fraction of sp³-hybridized carbons (Fsp3) is 0.348. The van der Waals surface area contributed by atoms with E-state index in [1.807, 2.05) is 56.3 Å². The second kappa shape index (κ2) is 10.8. The first-order chi connectivity index (χ1) is 13.9. The van der Waals surface area contributed by atoms with Crippen molar-refractivity contribution in [2.45, 2.75) is 31.2 Å². The highest BCUT2D eigenvalue weighted by Crippen LogP contribution is 2.29. The Balaban J connectivity index is 2.07. The third-order valence-corrected chi connectivity index (χ3v) is 5.63. The van der Waals surface area contributed by atoms with E-state index in [0.29, 0.717) is 18.1 Å². The van der Waals surface area contributed by atoms with Crippen LogP contribution in [0.1, 0.15) is 37.4 Å². The molecule has 5 nitrogen and oxygen atoms in total. The SMILES string of the molecule is CCCOc1ccc(C=CC(=O)N(C)C(C)c2ccc(S(C)=O)cc2)cc1OC. The summed E-state index contributed by atoms with van der Waals surface area (Å²) in [4.78, 5) is 15.0. The van der Waals surface area contributed by atoms with E-state index in [2.05, 4.69) is 0 Å². The van der Waals surface area contributed by atoms with E-state index in [1.165, 1.54) is 0 Å². The summed E-state index contributed by atoms with van der Waals surface area (Å²) in [5, 5.41) is 0. The molecule has 2 aromatic carbocycles. The van der Waals surface area contributed by atoms with Crippen LogP contribution in [-0.4, -0.2) is 42.0 Å². The first kappa shape index (κ1) is 22.7. The number of methoxy groups -OCH3 is 1. The van der Waals surface area contributed by atoms with Crippen LogP contribution in [0.15, 0.2) is 53.4 Å². The molecule has 0 radical (unpaired) electrons. The quantitative estimate of drug-likeness (QED) is 0.568. The van der Waals surface area contributed by atoms with Gasteiger partial charge in [0.15, 0.2) is 11.5 Å². The topological polar surface area (TPSA) is 55.8 Å². The maximum absolute atomic E-state index is 12.6. The zero-order valence-electron chi connectivity index (χ0n) is 17.7. The molecule has 2 atom stereocenters. The van der Waals surface area contributed by atoms with Gasteiger partial charge in [-0.1, -0.05) is 25.1 Å². The Morgan fingerprint density at radius 1 is 1.17 bits per heavy atom. The summed E-state index contributed by atoms with van der Waals surface area (Å²) in [6.45, 7) is 4.64. The zero-order valence-corrected chi connectivity index (χ0v) is 18.5.